The molecule has 0 aliphatic heterocycles. The Morgan fingerprint density at radius 3 is 2.62 bits per heavy atom. The number of esters is 1. The molecule has 5 heteroatoms. The molecule has 122 valence electrons. The van der Waals surface area contributed by atoms with E-state index in [1.165, 1.54) is 0 Å². The van der Waals surface area contributed by atoms with Gasteiger partial charge in [0.15, 0.2) is 0 Å². The molecule has 1 aromatic heterocycles. The zero-order chi connectivity index (χ0) is 16.9. The largest absolute Gasteiger partial charge is 0.427 e. The maximum atomic E-state index is 12.0. The second kappa shape index (κ2) is 7.08. The van der Waals surface area contributed by atoms with Crippen LogP contribution in [0, 0.1) is 0 Å². The number of rotatable bonds is 5. The minimum atomic E-state index is -0.425. The fraction of sp³-hybridized carbons (Fsp3) is 0.211. The molecule has 0 spiro atoms. The van der Waals surface area contributed by atoms with Crippen molar-refractivity contribution in [2.75, 3.05) is 0 Å². The molecule has 0 aliphatic rings. The zero-order valence-corrected chi connectivity index (χ0v) is 13.3. The average Bonchev–Trinajstić information content (AvgIpc) is 2.60. The third-order valence-electron chi connectivity index (χ3n) is 3.60. The molecule has 0 aliphatic carbocycles. The van der Waals surface area contributed by atoms with Gasteiger partial charge in [0.2, 0.25) is 5.89 Å². The third kappa shape index (κ3) is 3.51. The Kier molecular flexibility index (Phi) is 4.70. The lowest BCUT2D eigenvalue weighted by molar-refractivity contribution is -0.134. The Morgan fingerprint density at radius 2 is 1.88 bits per heavy atom. The van der Waals surface area contributed by atoms with E-state index in [4.69, 9.17) is 9.15 Å². The van der Waals surface area contributed by atoms with Gasteiger partial charge >= 0.3 is 11.6 Å². The Balaban J connectivity index is 1.83. The number of carbonyl (C=O) groups is 1. The Morgan fingerprint density at radius 1 is 1.12 bits per heavy atom. The third-order valence-corrected chi connectivity index (χ3v) is 3.60. The average molecular weight is 323 g/mol. The van der Waals surface area contributed by atoms with Gasteiger partial charge in [-0.15, -0.1) is 0 Å². The van der Waals surface area contributed by atoms with Crippen LogP contribution in [0.1, 0.15) is 26.2 Å². The highest BCUT2D eigenvalue weighted by Gasteiger charge is 2.09. The summed E-state index contributed by atoms with van der Waals surface area (Å²) < 4.78 is 10.5. The van der Waals surface area contributed by atoms with Gasteiger partial charge in [-0.3, -0.25) is 4.79 Å². The second-order valence-corrected chi connectivity index (χ2v) is 5.43. The molecular weight excluding hydrogens is 306 g/mol. The van der Waals surface area contributed by atoms with Crippen molar-refractivity contribution in [1.29, 1.82) is 0 Å². The quantitative estimate of drug-likeness (QED) is 0.525. The van der Waals surface area contributed by atoms with Crippen molar-refractivity contribution in [3.8, 4) is 17.2 Å². The molecule has 3 rings (SSSR count). The van der Waals surface area contributed by atoms with E-state index in [-0.39, 0.29) is 11.9 Å². The minimum Gasteiger partial charge on any atom is -0.427 e. The molecule has 24 heavy (non-hydrogen) atoms. The number of unbranched alkanes of at least 4 members (excludes halogenated alkanes) is 1. The Labute approximate surface area is 138 Å². The van der Waals surface area contributed by atoms with Gasteiger partial charge in [0.05, 0.1) is 10.9 Å². The van der Waals surface area contributed by atoms with E-state index >= 15 is 0 Å². The van der Waals surface area contributed by atoms with E-state index < -0.39 is 5.63 Å². The molecule has 0 N–H and O–H groups in total. The van der Waals surface area contributed by atoms with E-state index in [9.17, 15) is 9.59 Å². The highest BCUT2D eigenvalue weighted by Crippen LogP contribution is 2.22. The first kappa shape index (κ1) is 15.9. The van der Waals surface area contributed by atoms with Crippen LogP contribution in [0.4, 0.5) is 0 Å². The highest BCUT2D eigenvalue weighted by molar-refractivity contribution is 5.78. The van der Waals surface area contributed by atoms with Crippen molar-refractivity contribution in [3.05, 3.63) is 59.0 Å². The van der Waals surface area contributed by atoms with Crippen molar-refractivity contribution in [2.24, 2.45) is 0 Å². The zero-order valence-electron chi connectivity index (χ0n) is 13.3. The van der Waals surface area contributed by atoms with Crippen LogP contribution in [0.15, 0.2) is 57.7 Å². The Bertz CT molecular complexity index is 913. The number of carbonyl (C=O) groups excluding carboxylic acids is 1. The van der Waals surface area contributed by atoms with Crippen LogP contribution in [0.2, 0.25) is 0 Å². The Hall–Kier alpha value is -2.95. The molecule has 3 aromatic rings. The first-order chi connectivity index (χ1) is 11.7. The van der Waals surface area contributed by atoms with Crippen LogP contribution >= 0.6 is 0 Å². The minimum absolute atomic E-state index is 0.238. The first-order valence-corrected chi connectivity index (χ1v) is 7.88. The highest BCUT2D eigenvalue weighted by atomic mass is 16.5. The standard InChI is InChI=1S/C19H17NO4/c1-2-3-8-17(21)23-14-11-9-13(10-12-14)18-20-16-7-5-4-6-15(16)19(22)24-18/h4-7,9-12H,2-3,8H2,1H3. The predicted molar refractivity (Wildman–Crippen MR) is 90.9 cm³/mol. The topological polar surface area (TPSA) is 69.4 Å². The molecule has 0 saturated heterocycles. The number of para-hydroxylation sites is 1. The maximum absolute atomic E-state index is 12.0. The number of ether oxygens (including phenoxy) is 1. The smallest absolute Gasteiger partial charge is 0.347 e. The fourth-order valence-corrected chi connectivity index (χ4v) is 2.31. The van der Waals surface area contributed by atoms with Crippen LogP contribution in [0.25, 0.3) is 22.4 Å². The normalized spacial score (nSPS) is 10.7. The summed E-state index contributed by atoms with van der Waals surface area (Å²) in [5.74, 6) is 0.450. The fourth-order valence-electron chi connectivity index (χ4n) is 2.31. The lowest BCUT2D eigenvalue weighted by atomic mass is 10.2. The second-order valence-electron chi connectivity index (χ2n) is 5.43. The maximum Gasteiger partial charge on any atom is 0.347 e. The molecule has 0 fully saturated rings. The van der Waals surface area contributed by atoms with Gasteiger partial charge in [-0.2, -0.15) is 0 Å². The van der Waals surface area contributed by atoms with Crippen molar-refractivity contribution < 1.29 is 13.9 Å². The van der Waals surface area contributed by atoms with Crippen molar-refractivity contribution in [2.45, 2.75) is 26.2 Å². The van der Waals surface area contributed by atoms with Gasteiger partial charge in [0.1, 0.15) is 5.75 Å². The lowest BCUT2D eigenvalue weighted by Gasteiger charge is -2.05. The van der Waals surface area contributed by atoms with Gasteiger partial charge in [-0.05, 0) is 42.8 Å². The summed E-state index contributed by atoms with van der Waals surface area (Å²) in [7, 11) is 0. The van der Waals surface area contributed by atoms with Gasteiger partial charge in [0.25, 0.3) is 0 Å². The lowest BCUT2D eigenvalue weighted by Crippen LogP contribution is -2.07. The summed E-state index contributed by atoms with van der Waals surface area (Å²) in [5, 5.41) is 0.447. The number of benzene rings is 2. The number of aromatic nitrogens is 1. The molecule has 0 amide bonds. The van der Waals surface area contributed by atoms with Crippen molar-refractivity contribution in [3.63, 3.8) is 0 Å². The SMILES string of the molecule is CCCCC(=O)Oc1ccc(-c2nc3ccccc3c(=O)o2)cc1. The van der Waals surface area contributed by atoms with Gasteiger partial charge < -0.3 is 9.15 Å². The summed E-state index contributed by atoms with van der Waals surface area (Å²) in [6.45, 7) is 2.02. The molecule has 1 heterocycles. The summed E-state index contributed by atoms with van der Waals surface area (Å²) in [5.41, 5.74) is 0.802. The van der Waals surface area contributed by atoms with Crippen LogP contribution in [-0.4, -0.2) is 11.0 Å². The number of hydrogen-bond acceptors (Lipinski definition) is 5. The van der Waals surface area contributed by atoms with Crippen LogP contribution < -0.4 is 10.4 Å². The number of nitrogens with zero attached hydrogens (tertiary/aromatic N) is 1. The molecule has 0 bridgehead atoms. The van der Waals surface area contributed by atoms with Crippen LogP contribution in [0.5, 0.6) is 5.75 Å². The molecule has 5 nitrogen and oxygen atoms in total. The van der Waals surface area contributed by atoms with Crippen molar-refractivity contribution in [1.82, 2.24) is 4.98 Å². The van der Waals surface area contributed by atoms with Crippen LogP contribution in [-0.2, 0) is 4.79 Å². The predicted octanol–water partition coefficient (Wildman–Crippen LogP) is 3.95. The monoisotopic (exact) mass is 323 g/mol. The number of hydrogen-bond donors (Lipinski definition) is 0. The molecule has 0 radical (unpaired) electrons. The molecule has 2 aromatic carbocycles. The van der Waals surface area contributed by atoms with E-state index in [1.54, 1.807) is 42.5 Å². The van der Waals surface area contributed by atoms with Gasteiger partial charge in [-0.1, -0.05) is 25.5 Å². The summed E-state index contributed by atoms with van der Waals surface area (Å²) in [6, 6.07) is 13.8. The summed E-state index contributed by atoms with van der Waals surface area (Å²) in [4.78, 5) is 28.0. The molecule has 0 unspecified atom stereocenters. The summed E-state index contributed by atoms with van der Waals surface area (Å²) in [6.07, 6.45) is 2.16. The molecule has 0 saturated carbocycles. The van der Waals surface area contributed by atoms with Gasteiger partial charge in [0, 0.05) is 12.0 Å². The molecule has 0 atom stereocenters. The van der Waals surface area contributed by atoms with Crippen molar-refractivity contribution >= 4 is 16.9 Å². The van der Waals surface area contributed by atoms with Crippen LogP contribution in [0.3, 0.4) is 0 Å². The first-order valence-electron chi connectivity index (χ1n) is 7.88. The van der Waals surface area contributed by atoms with E-state index in [2.05, 4.69) is 4.98 Å². The van der Waals surface area contributed by atoms with Gasteiger partial charge in [-0.25, -0.2) is 9.78 Å². The number of fused-ring (bicyclic) bond motifs is 1. The summed E-state index contributed by atoms with van der Waals surface area (Å²) >= 11 is 0. The van der Waals surface area contributed by atoms with E-state index in [1.807, 2.05) is 13.0 Å². The van der Waals surface area contributed by atoms with E-state index in [0.717, 1.165) is 12.8 Å². The van der Waals surface area contributed by atoms with E-state index in [0.29, 0.717) is 28.6 Å². The molecular formula is C19H17NO4.